The summed E-state index contributed by atoms with van der Waals surface area (Å²) >= 11 is 0. The van der Waals surface area contributed by atoms with Gasteiger partial charge in [0.2, 0.25) is 12.0 Å². The van der Waals surface area contributed by atoms with Crippen LogP contribution in [-0.4, -0.2) is 31.7 Å². The first kappa shape index (κ1) is 24.5. The lowest BCUT2D eigenvalue weighted by Crippen LogP contribution is -2.22. The van der Waals surface area contributed by atoms with Gasteiger partial charge in [-0.25, -0.2) is 9.78 Å². The smallest absolute Gasteiger partial charge is 0.352 e. The van der Waals surface area contributed by atoms with Crippen molar-refractivity contribution in [2.24, 2.45) is 0 Å². The fourth-order valence-electron chi connectivity index (χ4n) is 3.76. The highest BCUT2D eigenvalue weighted by Crippen LogP contribution is 2.38. The van der Waals surface area contributed by atoms with Crippen molar-refractivity contribution in [1.82, 2.24) is 4.98 Å². The zero-order chi connectivity index (χ0) is 25.5. The zero-order valence-corrected chi connectivity index (χ0v) is 20.4. The molecule has 4 aromatic rings. The minimum absolute atomic E-state index is 0.0714. The molecule has 0 amide bonds. The molecule has 0 saturated carbocycles. The lowest BCUT2D eigenvalue weighted by molar-refractivity contribution is -0.151. The van der Waals surface area contributed by atoms with Crippen molar-refractivity contribution >= 4 is 17.3 Å². The number of aromatic nitrogens is 1. The van der Waals surface area contributed by atoms with Crippen LogP contribution in [0.5, 0.6) is 5.88 Å². The Labute approximate surface area is 211 Å². The molecular formula is C30H29N3O3. The summed E-state index contributed by atoms with van der Waals surface area (Å²) in [4.78, 5) is 19.7. The Balaban J connectivity index is 1.82. The summed E-state index contributed by atoms with van der Waals surface area (Å²) in [6.45, 7) is 3.69. The monoisotopic (exact) mass is 479 g/mol. The number of ether oxygens (including phenoxy) is 2. The van der Waals surface area contributed by atoms with Crippen molar-refractivity contribution in [1.29, 1.82) is 0 Å². The van der Waals surface area contributed by atoms with Crippen molar-refractivity contribution < 1.29 is 14.3 Å². The number of esters is 1. The van der Waals surface area contributed by atoms with E-state index in [1.807, 2.05) is 97.9 Å². The highest BCUT2D eigenvalue weighted by Gasteiger charge is 2.27. The number of anilines is 2. The van der Waals surface area contributed by atoms with Crippen molar-refractivity contribution in [3.05, 3.63) is 109 Å². The van der Waals surface area contributed by atoms with Gasteiger partial charge in [0.05, 0.1) is 5.69 Å². The highest BCUT2D eigenvalue weighted by molar-refractivity contribution is 5.84. The molecule has 1 unspecified atom stereocenters. The molecule has 1 aromatic heterocycles. The fourth-order valence-corrected chi connectivity index (χ4v) is 3.76. The van der Waals surface area contributed by atoms with E-state index in [-0.39, 0.29) is 12.5 Å². The maximum absolute atomic E-state index is 13.0. The average molecular weight is 480 g/mol. The summed E-state index contributed by atoms with van der Waals surface area (Å²) in [5.74, 6) is -0.392. The van der Waals surface area contributed by atoms with Gasteiger partial charge < -0.3 is 20.1 Å². The van der Waals surface area contributed by atoms with Gasteiger partial charge in [-0.1, -0.05) is 85.5 Å². The Bertz CT molecular complexity index is 1320. The molecule has 2 N–H and O–H groups in total. The lowest BCUT2D eigenvalue weighted by atomic mass is 10.0. The molecule has 0 bridgehead atoms. The summed E-state index contributed by atoms with van der Waals surface area (Å²) in [6.07, 6.45) is 0.467. The molecule has 0 aliphatic heterocycles. The van der Waals surface area contributed by atoms with Gasteiger partial charge in [0, 0.05) is 36.5 Å². The number of hydrogen-bond donors (Lipinski definition) is 1. The second-order valence-electron chi connectivity index (χ2n) is 8.41. The lowest BCUT2D eigenvalue weighted by Gasteiger charge is -2.21. The SMILES string of the molecule is C=CCOC(=O)C(Oc1nc(-c2ccccc2)cc(-c2ccc(N(C)C)cc2)c1N)c1ccccc1. The molecule has 0 radical (unpaired) electrons. The van der Waals surface area contributed by atoms with E-state index in [2.05, 4.69) is 6.58 Å². The first-order chi connectivity index (χ1) is 17.5. The Morgan fingerprint density at radius 3 is 2.22 bits per heavy atom. The van der Waals surface area contributed by atoms with Crippen LogP contribution in [0.3, 0.4) is 0 Å². The summed E-state index contributed by atoms with van der Waals surface area (Å²) in [5.41, 5.74) is 11.9. The third-order valence-electron chi connectivity index (χ3n) is 5.68. The average Bonchev–Trinajstić information content (AvgIpc) is 2.92. The summed E-state index contributed by atoms with van der Waals surface area (Å²) in [5, 5.41) is 0. The fraction of sp³-hybridized carbons (Fsp3) is 0.133. The minimum Gasteiger partial charge on any atom is -0.458 e. The van der Waals surface area contributed by atoms with Gasteiger partial charge in [-0.3, -0.25) is 0 Å². The maximum Gasteiger partial charge on any atom is 0.352 e. The number of nitrogen functional groups attached to an aromatic ring is 1. The van der Waals surface area contributed by atoms with Crippen LogP contribution in [0.25, 0.3) is 22.4 Å². The van der Waals surface area contributed by atoms with Crippen LogP contribution < -0.4 is 15.4 Å². The van der Waals surface area contributed by atoms with E-state index in [1.54, 1.807) is 12.1 Å². The normalized spacial score (nSPS) is 11.4. The van der Waals surface area contributed by atoms with E-state index in [0.717, 1.165) is 22.4 Å². The second kappa shape index (κ2) is 11.2. The van der Waals surface area contributed by atoms with Crippen LogP contribution in [0.2, 0.25) is 0 Å². The molecule has 0 aliphatic rings. The highest BCUT2D eigenvalue weighted by atomic mass is 16.6. The van der Waals surface area contributed by atoms with Crippen molar-refractivity contribution in [2.75, 3.05) is 31.3 Å². The number of rotatable bonds is 9. The predicted octanol–water partition coefficient (Wildman–Crippen LogP) is 5.91. The molecular weight excluding hydrogens is 450 g/mol. The van der Waals surface area contributed by atoms with Gasteiger partial charge in [-0.05, 0) is 23.8 Å². The largest absolute Gasteiger partial charge is 0.458 e. The summed E-state index contributed by atoms with van der Waals surface area (Å²) in [6, 6.07) is 28.9. The number of benzene rings is 3. The van der Waals surface area contributed by atoms with E-state index in [4.69, 9.17) is 20.2 Å². The van der Waals surface area contributed by atoms with Crippen molar-refractivity contribution in [3.63, 3.8) is 0 Å². The molecule has 0 spiro atoms. The summed E-state index contributed by atoms with van der Waals surface area (Å²) < 4.78 is 11.6. The van der Waals surface area contributed by atoms with Crippen molar-refractivity contribution in [3.8, 4) is 28.3 Å². The van der Waals surface area contributed by atoms with Gasteiger partial charge in [-0.15, -0.1) is 0 Å². The van der Waals surface area contributed by atoms with E-state index in [1.165, 1.54) is 6.08 Å². The number of carbonyl (C=O) groups excluding carboxylic acids is 1. The van der Waals surface area contributed by atoms with Gasteiger partial charge in [0.15, 0.2) is 0 Å². The number of nitrogens with two attached hydrogens (primary N) is 1. The Morgan fingerprint density at radius 1 is 0.972 bits per heavy atom. The van der Waals surface area contributed by atoms with Gasteiger partial charge in [-0.2, -0.15) is 0 Å². The van der Waals surface area contributed by atoms with Gasteiger partial charge in [0.25, 0.3) is 0 Å². The third-order valence-corrected chi connectivity index (χ3v) is 5.68. The molecule has 4 rings (SSSR count). The molecule has 0 fully saturated rings. The number of pyridine rings is 1. The van der Waals surface area contributed by atoms with Crippen LogP contribution in [0.4, 0.5) is 11.4 Å². The van der Waals surface area contributed by atoms with Crippen LogP contribution in [0.15, 0.2) is 104 Å². The Morgan fingerprint density at radius 2 is 1.61 bits per heavy atom. The first-order valence-corrected chi connectivity index (χ1v) is 11.6. The zero-order valence-electron chi connectivity index (χ0n) is 20.4. The third kappa shape index (κ3) is 5.55. The molecule has 0 saturated heterocycles. The predicted molar refractivity (Wildman–Crippen MR) is 145 cm³/mol. The molecule has 6 nitrogen and oxygen atoms in total. The maximum atomic E-state index is 13.0. The van der Waals surface area contributed by atoms with E-state index < -0.39 is 12.1 Å². The first-order valence-electron chi connectivity index (χ1n) is 11.6. The molecule has 1 atom stereocenters. The molecule has 1 heterocycles. The topological polar surface area (TPSA) is 77.7 Å². The molecule has 36 heavy (non-hydrogen) atoms. The van der Waals surface area contributed by atoms with E-state index in [9.17, 15) is 4.79 Å². The van der Waals surface area contributed by atoms with E-state index in [0.29, 0.717) is 16.9 Å². The van der Waals surface area contributed by atoms with Gasteiger partial charge >= 0.3 is 5.97 Å². The Hall–Kier alpha value is -4.58. The quantitative estimate of drug-likeness (QED) is 0.237. The molecule has 182 valence electrons. The standard InChI is InChI=1S/C30H29N3O3/c1-4-19-35-30(34)28(23-13-9-6-10-14-23)36-29-27(31)25(21-15-17-24(18-16-21)33(2)3)20-26(32-29)22-11-7-5-8-12-22/h4-18,20,28H,1,19,31H2,2-3H3. The van der Waals surface area contributed by atoms with Crippen LogP contribution >= 0.6 is 0 Å². The van der Waals surface area contributed by atoms with Crippen LogP contribution in [-0.2, 0) is 9.53 Å². The minimum atomic E-state index is -1.05. The van der Waals surface area contributed by atoms with Crippen LogP contribution in [0.1, 0.15) is 11.7 Å². The Kier molecular flexibility index (Phi) is 7.66. The summed E-state index contributed by atoms with van der Waals surface area (Å²) in [7, 11) is 3.98. The number of hydrogen-bond acceptors (Lipinski definition) is 6. The molecule has 0 aliphatic carbocycles. The van der Waals surface area contributed by atoms with Crippen molar-refractivity contribution in [2.45, 2.75) is 6.10 Å². The van der Waals surface area contributed by atoms with Crippen LogP contribution in [0, 0.1) is 0 Å². The van der Waals surface area contributed by atoms with Gasteiger partial charge in [0.1, 0.15) is 12.3 Å². The number of nitrogens with zero attached hydrogens (tertiary/aromatic N) is 2. The molecule has 3 aromatic carbocycles. The number of carbonyl (C=O) groups is 1. The second-order valence-corrected chi connectivity index (χ2v) is 8.41. The molecule has 6 heteroatoms. The van der Waals surface area contributed by atoms with E-state index >= 15 is 0 Å².